The van der Waals surface area contributed by atoms with Gasteiger partial charge in [0.2, 0.25) is 0 Å². The Labute approximate surface area is 195 Å². The molecule has 33 heavy (non-hydrogen) atoms. The van der Waals surface area contributed by atoms with Gasteiger partial charge in [-0.15, -0.1) is 0 Å². The molecular formula is C27H33N4O2+. The molecule has 1 aromatic heterocycles. The van der Waals surface area contributed by atoms with Gasteiger partial charge in [0.25, 0.3) is 11.8 Å². The van der Waals surface area contributed by atoms with Crippen LogP contribution in [0.25, 0.3) is 10.8 Å². The van der Waals surface area contributed by atoms with E-state index in [1.165, 1.54) is 0 Å². The van der Waals surface area contributed by atoms with E-state index in [0.29, 0.717) is 16.6 Å². The standard InChI is InChI=1S/C27H32N4O2/c1-20(2)17-25(29-26(32)24-10-9-22-7-3-4-8-23(22)18-24)27(33)30-31(15-5-6-16-31)19-21-11-13-28-14-12-21/h3-4,7-14,18,20,25H,5-6,15-17,19H2,1-2H3,(H-,29,30,32,33)/p+1/t25-/m0/s1. The average Bonchev–Trinajstić information content (AvgIpc) is 3.26. The van der Waals surface area contributed by atoms with E-state index in [1.54, 1.807) is 12.4 Å². The smallest absolute Gasteiger partial charge is 0.287 e. The molecule has 1 aliphatic rings. The van der Waals surface area contributed by atoms with Gasteiger partial charge in [-0.1, -0.05) is 44.2 Å². The van der Waals surface area contributed by atoms with Crippen molar-refractivity contribution < 1.29 is 14.2 Å². The van der Waals surface area contributed by atoms with Crippen molar-refractivity contribution in [2.45, 2.75) is 45.7 Å². The first kappa shape index (κ1) is 22.9. The number of likely N-dealkylation sites (tertiary alicyclic amines) is 1. The van der Waals surface area contributed by atoms with Crippen molar-refractivity contribution in [1.29, 1.82) is 0 Å². The van der Waals surface area contributed by atoms with E-state index in [0.717, 1.165) is 48.8 Å². The molecular weight excluding hydrogens is 412 g/mol. The van der Waals surface area contributed by atoms with Crippen LogP contribution < -0.4 is 10.7 Å². The summed E-state index contributed by atoms with van der Waals surface area (Å²) in [6, 6.07) is 17.0. The molecule has 0 radical (unpaired) electrons. The molecule has 6 nitrogen and oxygen atoms in total. The largest absolute Gasteiger partial charge is 0.340 e. The van der Waals surface area contributed by atoms with Crippen LogP contribution in [0.2, 0.25) is 0 Å². The molecule has 4 rings (SSSR count). The van der Waals surface area contributed by atoms with E-state index < -0.39 is 6.04 Å². The summed E-state index contributed by atoms with van der Waals surface area (Å²) in [4.78, 5) is 30.6. The second-order valence-electron chi connectivity index (χ2n) is 9.51. The molecule has 2 amide bonds. The molecule has 2 N–H and O–H groups in total. The fourth-order valence-corrected chi connectivity index (χ4v) is 4.67. The van der Waals surface area contributed by atoms with Gasteiger partial charge in [0.15, 0.2) is 0 Å². The lowest BCUT2D eigenvalue weighted by molar-refractivity contribution is -0.963. The summed E-state index contributed by atoms with van der Waals surface area (Å²) in [5, 5.41) is 5.11. The van der Waals surface area contributed by atoms with Crippen LogP contribution in [-0.2, 0) is 11.3 Å². The maximum Gasteiger partial charge on any atom is 0.287 e. The fourth-order valence-electron chi connectivity index (χ4n) is 4.67. The maximum atomic E-state index is 13.5. The van der Waals surface area contributed by atoms with E-state index in [2.05, 4.69) is 29.6 Å². The first-order valence-corrected chi connectivity index (χ1v) is 11.8. The minimum atomic E-state index is -0.586. The molecule has 0 spiro atoms. The number of fused-ring (bicyclic) bond motifs is 1. The third kappa shape index (κ3) is 5.76. The summed E-state index contributed by atoms with van der Waals surface area (Å²) in [5.74, 6) is -0.0673. The average molecular weight is 446 g/mol. The number of quaternary nitrogens is 1. The Morgan fingerprint density at radius 1 is 0.970 bits per heavy atom. The van der Waals surface area contributed by atoms with Crippen LogP contribution in [0.3, 0.4) is 0 Å². The van der Waals surface area contributed by atoms with Crippen LogP contribution in [-0.4, -0.2) is 40.5 Å². The van der Waals surface area contributed by atoms with E-state index in [1.807, 2.05) is 54.6 Å². The minimum absolute atomic E-state index is 0.117. The summed E-state index contributed by atoms with van der Waals surface area (Å²) in [7, 11) is 0. The van der Waals surface area contributed by atoms with Gasteiger partial charge in [-0.3, -0.25) is 14.6 Å². The fraction of sp³-hybridized carbons (Fsp3) is 0.370. The van der Waals surface area contributed by atoms with Crippen LogP contribution in [0.5, 0.6) is 0 Å². The van der Waals surface area contributed by atoms with Gasteiger partial charge in [-0.2, -0.15) is 5.43 Å². The predicted molar refractivity (Wildman–Crippen MR) is 130 cm³/mol. The number of nitrogens with one attached hydrogen (secondary N) is 2. The van der Waals surface area contributed by atoms with Gasteiger partial charge < -0.3 is 5.32 Å². The number of hydrogen-bond acceptors (Lipinski definition) is 3. The molecule has 1 aliphatic heterocycles. The summed E-state index contributed by atoms with van der Waals surface area (Å²) >= 11 is 0. The van der Waals surface area contributed by atoms with Crippen LogP contribution in [0, 0.1) is 5.92 Å². The number of carbonyl (C=O) groups is 2. The van der Waals surface area contributed by atoms with Crippen molar-refractivity contribution >= 4 is 22.6 Å². The molecule has 2 heterocycles. The highest BCUT2D eigenvalue weighted by Gasteiger charge is 2.37. The third-order valence-electron chi connectivity index (χ3n) is 6.34. The van der Waals surface area contributed by atoms with Crippen molar-refractivity contribution in [1.82, 2.24) is 15.7 Å². The first-order chi connectivity index (χ1) is 15.9. The quantitative estimate of drug-likeness (QED) is 0.510. The molecule has 0 unspecified atom stereocenters. The molecule has 172 valence electrons. The summed E-state index contributed by atoms with van der Waals surface area (Å²) < 4.78 is 0.517. The number of amides is 2. The zero-order chi connectivity index (χ0) is 23.3. The lowest BCUT2D eigenvalue weighted by Crippen LogP contribution is -2.62. The zero-order valence-electron chi connectivity index (χ0n) is 19.5. The van der Waals surface area contributed by atoms with E-state index in [9.17, 15) is 9.59 Å². The molecule has 1 atom stereocenters. The van der Waals surface area contributed by atoms with Crippen LogP contribution in [0.1, 0.15) is 49.0 Å². The molecule has 1 fully saturated rings. The molecule has 1 saturated heterocycles. The molecule has 2 aromatic carbocycles. The van der Waals surface area contributed by atoms with E-state index in [-0.39, 0.29) is 17.7 Å². The predicted octanol–water partition coefficient (Wildman–Crippen LogP) is 4.22. The number of nitrogens with zero attached hydrogens (tertiary/aromatic N) is 2. The van der Waals surface area contributed by atoms with Crippen LogP contribution in [0.4, 0.5) is 0 Å². The van der Waals surface area contributed by atoms with E-state index >= 15 is 0 Å². The summed E-state index contributed by atoms with van der Waals surface area (Å²) in [6.45, 7) is 6.64. The van der Waals surface area contributed by atoms with Crippen molar-refractivity contribution in [2.75, 3.05) is 13.1 Å². The Morgan fingerprint density at radius 3 is 2.36 bits per heavy atom. The van der Waals surface area contributed by atoms with Crippen molar-refractivity contribution in [3.8, 4) is 0 Å². The Balaban J connectivity index is 1.50. The number of carbonyl (C=O) groups excluding carboxylic acids is 2. The number of benzene rings is 2. The monoisotopic (exact) mass is 445 g/mol. The number of rotatable bonds is 8. The normalized spacial score (nSPS) is 16.0. The molecule has 0 aliphatic carbocycles. The highest BCUT2D eigenvalue weighted by Crippen LogP contribution is 2.21. The lowest BCUT2D eigenvalue weighted by Gasteiger charge is -2.35. The zero-order valence-corrected chi connectivity index (χ0v) is 19.5. The maximum absolute atomic E-state index is 13.5. The molecule has 0 saturated carbocycles. The van der Waals surface area contributed by atoms with Crippen molar-refractivity contribution in [3.63, 3.8) is 0 Å². The number of hydrogen-bond donors (Lipinski definition) is 2. The van der Waals surface area contributed by atoms with Crippen LogP contribution >= 0.6 is 0 Å². The van der Waals surface area contributed by atoms with Gasteiger partial charge in [-0.05, 0) is 47.4 Å². The molecule has 6 heteroatoms. The topological polar surface area (TPSA) is 71.1 Å². The minimum Gasteiger partial charge on any atom is -0.340 e. The van der Waals surface area contributed by atoms with Gasteiger partial charge >= 0.3 is 0 Å². The Morgan fingerprint density at radius 2 is 1.67 bits per heavy atom. The first-order valence-electron chi connectivity index (χ1n) is 11.8. The second kappa shape index (κ2) is 10.1. The highest BCUT2D eigenvalue weighted by atomic mass is 16.2. The third-order valence-corrected chi connectivity index (χ3v) is 6.34. The van der Waals surface area contributed by atoms with Crippen molar-refractivity contribution in [2.24, 2.45) is 5.92 Å². The van der Waals surface area contributed by atoms with Crippen LogP contribution in [0.15, 0.2) is 67.0 Å². The highest BCUT2D eigenvalue weighted by molar-refractivity contribution is 6.00. The molecule has 3 aromatic rings. The number of pyridine rings is 1. The Kier molecular flexibility index (Phi) is 7.04. The summed E-state index contributed by atoms with van der Waals surface area (Å²) in [5.41, 5.74) is 5.01. The Bertz CT molecular complexity index is 1110. The SMILES string of the molecule is CC(C)C[C@H](NC(=O)c1ccc2ccccc2c1)C(=O)N[N+]1(Cc2ccncc2)CCCC1. The lowest BCUT2D eigenvalue weighted by atomic mass is 10.0. The summed E-state index contributed by atoms with van der Waals surface area (Å²) in [6.07, 6.45) is 6.30. The molecule has 0 bridgehead atoms. The van der Waals surface area contributed by atoms with Crippen molar-refractivity contribution in [3.05, 3.63) is 78.1 Å². The Hall–Kier alpha value is -3.25. The van der Waals surface area contributed by atoms with Gasteiger partial charge in [-0.25, -0.2) is 4.59 Å². The van der Waals surface area contributed by atoms with Gasteiger partial charge in [0.05, 0.1) is 0 Å². The van der Waals surface area contributed by atoms with Gasteiger partial charge in [0, 0.05) is 36.4 Å². The number of aromatic nitrogens is 1. The van der Waals surface area contributed by atoms with Gasteiger partial charge in [0.1, 0.15) is 25.7 Å². The van der Waals surface area contributed by atoms with E-state index in [4.69, 9.17) is 0 Å². The second-order valence-corrected chi connectivity index (χ2v) is 9.51.